The van der Waals surface area contributed by atoms with Crippen LogP contribution in [-0.2, 0) is 0 Å². The molecule has 0 heteroatoms. The van der Waals surface area contributed by atoms with Crippen LogP contribution in [0.5, 0.6) is 0 Å². The van der Waals surface area contributed by atoms with Gasteiger partial charge < -0.3 is 0 Å². The van der Waals surface area contributed by atoms with Gasteiger partial charge in [0.2, 0.25) is 0 Å². The summed E-state index contributed by atoms with van der Waals surface area (Å²) in [6.45, 7) is 16.0. The Bertz CT molecular complexity index is 188. The van der Waals surface area contributed by atoms with E-state index in [0.29, 0.717) is 0 Å². The second kappa shape index (κ2) is 11.6. The summed E-state index contributed by atoms with van der Waals surface area (Å²) in [6.07, 6.45) is 11.6. The van der Waals surface area contributed by atoms with Crippen LogP contribution in [0.25, 0.3) is 0 Å². The Balaban J connectivity index is 0.000000285. The van der Waals surface area contributed by atoms with Gasteiger partial charge in [-0.15, -0.1) is 0 Å². The van der Waals surface area contributed by atoms with Crippen LogP contribution in [-0.4, -0.2) is 0 Å². The SMILES string of the molecule is CC1CC1.CCC1CC(CC)C1.CCCC(C)C(C)C. The van der Waals surface area contributed by atoms with Gasteiger partial charge in [-0.05, 0) is 42.4 Å². The highest BCUT2D eigenvalue weighted by atomic mass is 14.3. The Morgan fingerprint density at radius 2 is 1.25 bits per heavy atom. The van der Waals surface area contributed by atoms with E-state index in [0.717, 1.165) is 29.6 Å². The van der Waals surface area contributed by atoms with Crippen molar-refractivity contribution in [2.24, 2.45) is 29.6 Å². The molecule has 0 N–H and O–H groups in total. The second-order valence-corrected chi connectivity index (χ2v) is 7.71. The molecule has 2 fully saturated rings. The van der Waals surface area contributed by atoms with Crippen molar-refractivity contribution in [3.8, 4) is 0 Å². The lowest BCUT2D eigenvalue weighted by molar-refractivity contribution is 0.183. The Hall–Kier alpha value is 0. The minimum absolute atomic E-state index is 0.870. The predicted molar refractivity (Wildman–Crippen MR) is 94.1 cm³/mol. The summed E-state index contributed by atoms with van der Waals surface area (Å²) in [7, 11) is 0. The summed E-state index contributed by atoms with van der Waals surface area (Å²) < 4.78 is 0. The van der Waals surface area contributed by atoms with E-state index in [9.17, 15) is 0 Å². The van der Waals surface area contributed by atoms with Crippen molar-refractivity contribution in [3.63, 3.8) is 0 Å². The molecule has 0 aromatic rings. The molecule has 2 aliphatic rings. The molecule has 20 heavy (non-hydrogen) atoms. The van der Waals surface area contributed by atoms with Crippen molar-refractivity contribution < 1.29 is 0 Å². The third-order valence-electron chi connectivity index (χ3n) is 5.24. The first-order valence-corrected chi connectivity index (χ1v) is 9.44. The summed E-state index contributed by atoms with van der Waals surface area (Å²) >= 11 is 0. The smallest absolute Gasteiger partial charge is 0.0412 e. The van der Waals surface area contributed by atoms with Crippen LogP contribution in [0.15, 0.2) is 0 Å². The largest absolute Gasteiger partial charge is 0.0654 e. The maximum atomic E-state index is 2.33. The minimum atomic E-state index is 0.870. The quantitative estimate of drug-likeness (QED) is 0.495. The molecular weight excluding hydrogens is 240 g/mol. The van der Waals surface area contributed by atoms with E-state index in [4.69, 9.17) is 0 Å². The van der Waals surface area contributed by atoms with Gasteiger partial charge in [0.25, 0.3) is 0 Å². The van der Waals surface area contributed by atoms with Crippen LogP contribution in [0.4, 0.5) is 0 Å². The van der Waals surface area contributed by atoms with Crippen LogP contribution < -0.4 is 0 Å². The molecule has 1 atom stereocenters. The maximum Gasteiger partial charge on any atom is -0.0412 e. The van der Waals surface area contributed by atoms with Gasteiger partial charge in [-0.3, -0.25) is 0 Å². The highest BCUT2D eigenvalue weighted by Gasteiger charge is 2.25. The van der Waals surface area contributed by atoms with Gasteiger partial charge in [0.05, 0.1) is 0 Å². The van der Waals surface area contributed by atoms with Crippen LogP contribution in [0.3, 0.4) is 0 Å². The Morgan fingerprint density at radius 1 is 0.850 bits per heavy atom. The lowest BCUT2D eigenvalue weighted by atomic mass is 9.72. The second-order valence-electron chi connectivity index (χ2n) is 7.71. The lowest BCUT2D eigenvalue weighted by Gasteiger charge is -2.33. The highest BCUT2D eigenvalue weighted by Crippen LogP contribution is 2.37. The van der Waals surface area contributed by atoms with Crippen LogP contribution in [0.2, 0.25) is 0 Å². The Labute approximate surface area is 130 Å². The fourth-order valence-corrected chi connectivity index (χ4v) is 2.50. The molecule has 2 aliphatic carbocycles. The first-order valence-electron chi connectivity index (χ1n) is 9.44. The van der Waals surface area contributed by atoms with Crippen molar-refractivity contribution in [3.05, 3.63) is 0 Å². The van der Waals surface area contributed by atoms with Gasteiger partial charge in [-0.2, -0.15) is 0 Å². The van der Waals surface area contributed by atoms with E-state index in [1.165, 1.54) is 51.4 Å². The van der Waals surface area contributed by atoms with E-state index < -0.39 is 0 Å². The fraction of sp³-hybridized carbons (Fsp3) is 1.00. The average molecular weight is 283 g/mol. The molecule has 0 aliphatic heterocycles. The maximum absolute atomic E-state index is 2.33. The van der Waals surface area contributed by atoms with Gasteiger partial charge in [0, 0.05) is 0 Å². The van der Waals surface area contributed by atoms with Gasteiger partial charge in [-0.1, -0.05) is 87.0 Å². The van der Waals surface area contributed by atoms with E-state index >= 15 is 0 Å². The zero-order chi connectivity index (χ0) is 15.5. The summed E-state index contributed by atoms with van der Waals surface area (Å²) in [5.74, 6) is 5.06. The summed E-state index contributed by atoms with van der Waals surface area (Å²) in [5, 5.41) is 0. The lowest BCUT2D eigenvalue weighted by Crippen LogP contribution is -2.21. The third kappa shape index (κ3) is 10.7. The Kier molecular flexibility index (Phi) is 11.6. The molecule has 0 amide bonds. The van der Waals surface area contributed by atoms with Crippen molar-refractivity contribution in [1.82, 2.24) is 0 Å². The van der Waals surface area contributed by atoms with E-state index in [1.54, 1.807) is 0 Å². The number of hydrogen-bond donors (Lipinski definition) is 0. The molecule has 0 aromatic heterocycles. The van der Waals surface area contributed by atoms with Gasteiger partial charge in [0.15, 0.2) is 0 Å². The van der Waals surface area contributed by atoms with E-state index in [-0.39, 0.29) is 0 Å². The first kappa shape index (κ1) is 20.0. The fourth-order valence-electron chi connectivity index (χ4n) is 2.50. The predicted octanol–water partition coefficient (Wildman–Crippen LogP) is 7.33. The van der Waals surface area contributed by atoms with Gasteiger partial charge >= 0.3 is 0 Å². The highest BCUT2D eigenvalue weighted by molar-refractivity contribution is 4.76. The van der Waals surface area contributed by atoms with Crippen LogP contribution in [0.1, 0.15) is 99.8 Å². The molecule has 2 saturated carbocycles. The standard InChI is InChI=1S/C8H16.C8H18.C4H8/c1-3-7-5-8(4-2)6-7;1-5-6-8(4)7(2)3;1-4-2-3-4/h7-8H,3-6H2,1-2H3;7-8H,5-6H2,1-4H3;4H,2-3H2,1H3. The number of rotatable bonds is 5. The average Bonchev–Trinajstić information content (AvgIpc) is 3.13. The molecule has 0 radical (unpaired) electrons. The third-order valence-corrected chi connectivity index (χ3v) is 5.24. The van der Waals surface area contributed by atoms with Gasteiger partial charge in [0.1, 0.15) is 0 Å². The van der Waals surface area contributed by atoms with Crippen LogP contribution >= 0.6 is 0 Å². The topological polar surface area (TPSA) is 0 Å². The molecule has 0 heterocycles. The number of hydrogen-bond acceptors (Lipinski definition) is 0. The van der Waals surface area contributed by atoms with Crippen molar-refractivity contribution in [1.29, 1.82) is 0 Å². The van der Waals surface area contributed by atoms with Gasteiger partial charge in [-0.25, -0.2) is 0 Å². The van der Waals surface area contributed by atoms with E-state index in [2.05, 4.69) is 48.5 Å². The Morgan fingerprint density at radius 3 is 1.40 bits per heavy atom. The molecule has 122 valence electrons. The molecular formula is C20H42. The van der Waals surface area contributed by atoms with Crippen molar-refractivity contribution in [2.45, 2.75) is 99.8 Å². The zero-order valence-corrected chi connectivity index (χ0v) is 15.5. The normalized spacial score (nSPS) is 25.8. The molecule has 0 aromatic carbocycles. The van der Waals surface area contributed by atoms with Crippen molar-refractivity contribution >= 4 is 0 Å². The minimum Gasteiger partial charge on any atom is -0.0654 e. The summed E-state index contributed by atoms with van der Waals surface area (Å²) in [6, 6.07) is 0. The summed E-state index contributed by atoms with van der Waals surface area (Å²) in [4.78, 5) is 0. The summed E-state index contributed by atoms with van der Waals surface area (Å²) in [5.41, 5.74) is 0. The molecule has 0 saturated heterocycles. The molecule has 0 nitrogen and oxygen atoms in total. The molecule has 2 rings (SSSR count). The van der Waals surface area contributed by atoms with Crippen LogP contribution in [0, 0.1) is 29.6 Å². The first-order chi connectivity index (χ1) is 9.44. The van der Waals surface area contributed by atoms with Crippen molar-refractivity contribution in [2.75, 3.05) is 0 Å². The zero-order valence-electron chi connectivity index (χ0n) is 15.5. The molecule has 1 unspecified atom stereocenters. The van der Waals surface area contributed by atoms with E-state index in [1.807, 2.05) is 0 Å². The monoisotopic (exact) mass is 282 g/mol. The molecule has 0 bridgehead atoms. The molecule has 0 spiro atoms.